The number of hydrogen-bond acceptors (Lipinski definition) is 5. The molecule has 1 saturated heterocycles. The fraction of sp³-hybridized carbons (Fsp3) is 0.600. The van der Waals surface area contributed by atoms with Crippen LogP contribution < -0.4 is 11.1 Å². The van der Waals surface area contributed by atoms with E-state index in [-0.39, 0.29) is 0 Å². The van der Waals surface area contributed by atoms with E-state index in [0.717, 1.165) is 25.9 Å². The van der Waals surface area contributed by atoms with E-state index in [1.165, 1.54) is 0 Å². The van der Waals surface area contributed by atoms with Crippen LogP contribution in [0.2, 0.25) is 0 Å². The third kappa shape index (κ3) is 2.82. The molecule has 0 atom stereocenters. The molecule has 1 aromatic heterocycles. The zero-order chi connectivity index (χ0) is 11.5. The zero-order valence-corrected chi connectivity index (χ0v) is 10.9. The summed E-state index contributed by atoms with van der Waals surface area (Å²) in [4.78, 5) is 10.7. The molecule has 3 N–H and O–H groups in total. The number of nitrogens with zero attached hydrogens (tertiary/aromatic N) is 3. The second kappa shape index (κ2) is 4.97. The highest BCUT2D eigenvalue weighted by Crippen LogP contribution is 2.19. The van der Waals surface area contributed by atoms with Gasteiger partial charge in [-0.15, -0.1) is 0 Å². The maximum absolute atomic E-state index is 5.77. The number of anilines is 2. The molecule has 0 spiro atoms. The van der Waals surface area contributed by atoms with Gasteiger partial charge in [0, 0.05) is 6.04 Å². The van der Waals surface area contributed by atoms with Crippen LogP contribution in [0.4, 0.5) is 11.6 Å². The van der Waals surface area contributed by atoms with Crippen LogP contribution in [0, 0.1) is 0 Å². The first-order valence-electron chi connectivity index (χ1n) is 5.38. The van der Waals surface area contributed by atoms with E-state index in [0.29, 0.717) is 22.3 Å². The average Bonchev–Trinajstić information content (AvgIpc) is 2.27. The minimum atomic E-state index is 0.446. The van der Waals surface area contributed by atoms with E-state index in [2.05, 4.69) is 43.2 Å². The van der Waals surface area contributed by atoms with Gasteiger partial charge in [0.25, 0.3) is 0 Å². The first-order valence-corrected chi connectivity index (χ1v) is 6.17. The highest BCUT2D eigenvalue weighted by atomic mass is 79.9. The monoisotopic (exact) mass is 285 g/mol. The summed E-state index contributed by atoms with van der Waals surface area (Å²) in [6.07, 6.45) is 3.84. The SMILES string of the molecule is CN1CCC(Nc2nc(Br)cnc2N)CC1. The van der Waals surface area contributed by atoms with Gasteiger partial charge in [-0.25, -0.2) is 9.97 Å². The molecule has 16 heavy (non-hydrogen) atoms. The van der Waals surface area contributed by atoms with E-state index in [4.69, 9.17) is 5.73 Å². The Hall–Kier alpha value is -0.880. The molecule has 88 valence electrons. The molecule has 1 aliphatic heterocycles. The Morgan fingerprint density at radius 1 is 1.50 bits per heavy atom. The molecule has 1 aromatic rings. The highest BCUT2D eigenvalue weighted by Gasteiger charge is 2.17. The molecule has 1 fully saturated rings. The van der Waals surface area contributed by atoms with Gasteiger partial charge in [-0.2, -0.15) is 0 Å². The van der Waals surface area contributed by atoms with Crippen LogP contribution in [0.15, 0.2) is 10.8 Å². The summed E-state index contributed by atoms with van der Waals surface area (Å²) in [7, 11) is 2.14. The van der Waals surface area contributed by atoms with Crippen molar-refractivity contribution in [3.8, 4) is 0 Å². The second-order valence-electron chi connectivity index (χ2n) is 4.15. The lowest BCUT2D eigenvalue weighted by atomic mass is 10.1. The maximum Gasteiger partial charge on any atom is 0.170 e. The van der Waals surface area contributed by atoms with Gasteiger partial charge in [-0.1, -0.05) is 0 Å². The molecule has 2 heterocycles. The van der Waals surface area contributed by atoms with Gasteiger partial charge in [-0.3, -0.25) is 0 Å². The lowest BCUT2D eigenvalue weighted by molar-refractivity contribution is 0.263. The fourth-order valence-electron chi connectivity index (χ4n) is 1.83. The van der Waals surface area contributed by atoms with Crippen molar-refractivity contribution in [1.82, 2.24) is 14.9 Å². The van der Waals surface area contributed by atoms with Crippen LogP contribution in [0.1, 0.15) is 12.8 Å². The lowest BCUT2D eigenvalue weighted by Crippen LogP contribution is -2.37. The van der Waals surface area contributed by atoms with Crippen molar-refractivity contribution in [3.63, 3.8) is 0 Å². The van der Waals surface area contributed by atoms with Crippen LogP contribution in [0.25, 0.3) is 0 Å². The van der Waals surface area contributed by atoms with Crippen molar-refractivity contribution < 1.29 is 0 Å². The predicted octanol–water partition coefficient (Wildman–Crippen LogP) is 1.33. The molecule has 5 nitrogen and oxygen atoms in total. The number of piperidine rings is 1. The largest absolute Gasteiger partial charge is 0.381 e. The van der Waals surface area contributed by atoms with Crippen LogP contribution >= 0.6 is 15.9 Å². The molecule has 0 aromatic carbocycles. The Morgan fingerprint density at radius 3 is 2.88 bits per heavy atom. The van der Waals surface area contributed by atoms with Crippen LogP contribution in [0.5, 0.6) is 0 Å². The summed E-state index contributed by atoms with van der Waals surface area (Å²) in [5.74, 6) is 1.14. The number of likely N-dealkylation sites (tertiary alicyclic amines) is 1. The molecule has 1 aliphatic rings. The molecule has 0 bridgehead atoms. The first-order chi connectivity index (χ1) is 7.65. The Labute approximate surface area is 104 Å². The fourth-order valence-corrected chi connectivity index (χ4v) is 2.11. The minimum absolute atomic E-state index is 0.446. The summed E-state index contributed by atoms with van der Waals surface area (Å²) < 4.78 is 0.706. The third-order valence-electron chi connectivity index (χ3n) is 2.83. The van der Waals surface area contributed by atoms with Crippen LogP contribution in [0.3, 0.4) is 0 Å². The summed E-state index contributed by atoms with van der Waals surface area (Å²) >= 11 is 3.29. The van der Waals surface area contributed by atoms with Crippen LogP contribution in [-0.2, 0) is 0 Å². The van der Waals surface area contributed by atoms with Gasteiger partial charge in [0.15, 0.2) is 11.6 Å². The van der Waals surface area contributed by atoms with E-state index in [1.54, 1.807) is 6.20 Å². The van der Waals surface area contributed by atoms with E-state index >= 15 is 0 Å². The Bertz CT molecular complexity index is 362. The Balaban J connectivity index is 2.00. The minimum Gasteiger partial charge on any atom is -0.381 e. The Morgan fingerprint density at radius 2 is 2.19 bits per heavy atom. The second-order valence-corrected chi connectivity index (χ2v) is 4.96. The first kappa shape index (κ1) is 11.6. The van der Waals surface area contributed by atoms with Gasteiger partial charge in [0.05, 0.1) is 6.20 Å². The normalized spacial score (nSPS) is 18.6. The van der Waals surface area contributed by atoms with Gasteiger partial charge < -0.3 is 16.0 Å². The van der Waals surface area contributed by atoms with Crippen molar-refractivity contribution in [2.75, 3.05) is 31.2 Å². The molecule has 0 aliphatic carbocycles. The van der Waals surface area contributed by atoms with E-state index in [9.17, 15) is 0 Å². The van der Waals surface area contributed by atoms with Gasteiger partial charge in [0.2, 0.25) is 0 Å². The topological polar surface area (TPSA) is 67.1 Å². The summed E-state index contributed by atoms with van der Waals surface area (Å²) in [6, 6.07) is 0.446. The quantitative estimate of drug-likeness (QED) is 0.858. The van der Waals surface area contributed by atoms with Crippen molar-refractivity contribution in [2.24, 2.45) is 0 Å². The van der Waals surface area contributed by atoms with Crippen LogP contribution in [-0.4, -0.2) is 41.0 Å². The van der Waals surface area contributed by atoms with Crippen molar-refractivity contribution in [1.29, 1.82) is 0 Å². The number of rotatable bonds is 2. The molecular weight excluding hydrogens is 270 g/mol. The number of halogens is 1. The highest BCUT2D eigenvalue weighted by molar-refractivity contribution is 9.10. The third-order valence-corrected chi connectivity index (χ3v) is 3.21. The molecule has 0 amide bonds. The average molecular weight is 286 g/mol. The molecule has 0 saturated carbocycles. The number of aromatic nitrogens is 2. The number of nitrogen functional groups attached to an aromatic ring is 1. The zero-order valence-electron chi connectivity index (χ0n) is 9.28. The molecule has 6 heteroatoms. The van der Waals surface area contributed by atoms with Crippen molar-refractivity contribution in [2.45, 2.75) is 18.9 Å². The molecule has 0 radical (unpaired) electrons. The van der Waals surface area contributed by atoms with E-state index in [1.807, 2.05) is 0 Å². The summed E-state index contributed by atoms with van der Waals surface area (Å²) in [5, 5.41) is 3.36. The van der Waals surface area contributed by atoms with Crippen molar-refractivity contribution in [3.05, 3.63) is 10.8 Å². The standard InChI is InChI=1S/C10H16BrN5/c1-16-4-2-7(3-5-16)14-10-9(12)13-6-8(11)15-10/h6-7H,2-5H2,1H3,(H2,12,13)(H,14,15). The van der Waals surface area contributed by atoms with Gasteiger partial charge in [0.1, 0.15) is 4.60 Å². The van der Waals surface area contributed by atoms with E-state index < -0.39 is 0 Å². The number of nitrogens with two attached hydrogens (primary N) is 1. The summed E-state index contributed by atoms with van der Waals surface area (Å²) in [6.45, 7) is 2.22. The van der Waals surface area contributed by atoms with Crippen molar-refractivity contribution >= 4 is 27.6 Å². The smallest absolute Gasteiger partial charge is 0.170 e. The maximum atomic E-state index is 5.77. The predicted molar refractivity (Wildman–Crippen MR) is 68.3 cm³/mol. The molecular formula is C10H16BrN5. The number of nitrogens with one attached hydrogen (secondary N) is 1. The van der Waals surface area contributed by atoms with Gasteiger partial charge in [-0.05, 0) is 48.9 Å². The molecule has 2 rings (SSSR count). The number of hydrogen-bond donors (Lipinski definition) is 2. The van der Waals surface area contributed by atoms with Gasteiger partial charge >= 0.3 is 0 Å². The summed E-state index contributed by atoms with van der Waals surface area (Å²) in [5.41, 5.74) is 5.77. The lowest BCUT2D eigenvalue weighted by Gasteiger charge is -2.29. The molecule has 0 unspecified atom stereocenters. The Kier molecular flexibility index (Phi) is 3.60.